The van der Waals surface area contributed by atoms with Crippen LogP contribution in [0.5, 0.6) is 5.75 Å². The van der Waals surface area contributed by atoms with E-state index in [0.29, 0.717) is 22.7 Å². The molecule has 0 unspecified atom stereocenters. The second kappa shape index (κ2) is 9.13. The summed E-state index contributed by atoms with van der Waals surface area (Å²) >= 11 is 0. The molecule has 3 aromatic rings. The van der Waals surface area contributed by atoms with Crippen LogP contribution in [0.1, 0.15) is 5.56 Å². The third-order valence-corrected chi connectivity index (χ3v) is 4.57. The summed E-state index contributed by atoms with van der Waals surface area (Å²) in [6.07, 6.45) is 1.46. The van der Waals surface area contributed by atoms with E-state index in [1.165, 1.54) is 35.4 Å². The number of carbonyl (C=O) groups is 3. The predicted molar refractivity (Wildman–Crippen MR) is 117 cm³/mol. The number of nitrogens with zero attached hydrogens (tertiary/aromatic N) is 1. The Balaban J connectivity index is 1.42. The van der Waals surface area contributed by atoms with E-state index in [1.54, 1.807) is 48.5 Å². The van der Waals surface area contributed by atoms with Gasteiger partial charge in [-0.05, 0) is 60.2 Å². The minimum atomic E-state index is -0.510. The highest BCUT2D eigenvalue weighted by Crippen LogP contribution is 2.22. The normalized spacial score (nSPS) is 14.4. The van der Waals surface area contributed by atoms with Gasteiger partial charge >= 0.3 is 0 Å². The van der Waals surface area contributed by atoms with Gasteiger partial charge in [-0.1, -0.05) is 30.3 Å². The monoisotopic (exact) mass is 431 g/mol. The second-order valence-corrected chi connectivity index (χ2v) is 6.89. The molecule has 0 radical (unpaired) electrons. The third kappa shape index (κ3) is 4.81. The Morgan fingerprint density at radius 2 is 1.75 bits per heavy atom. The van der Waals surface area contributed by atoms with Crippen molar-refractivity contribution in [3.8, 4) is 5.75 Å². The Morgan fingerprint density at radius 1 is 1.00 bits per heavy atom. The lowest BCUT2D eigenvalue weighted by atomic mass is 10.1. The second-order valence-electron chi connectivity index (χ2n) is 6.89. The fourth-order valence-corrected chi connectivity index (χ4v) is 3.06. The van der Waals surface area contributed by atoms with Crippen molar-refractivity contribution in [1.29, 1.82) is 0 Å². The Bertz CT molecular complexity index is 1190. The molecule has 0 bridgehead atoms. The van der Waals surface area contributed by atoms with Crippen LogP contribution in [-0.2, 0) is 14.4 Å². The number of anilines is 2. The van der Waals surface area contributed by atoms with E-state index in [0.717, 1.165) is 0 Å². The van der Waals surface area contributed by atoms with Crippen LogP contribution in [0.25, 0.3) is 6.08 Å². The van der Waals surface area contributed by atoms with Crippen LogP contribution >= 0.6 is 0 Å². The summed E-state index contributed by atoms with van der Waals surface area (Å²) < 4.78 is 18.4. The van der Waals surface area contributed by atoms with E-state index in [4.69, 9.17) is 4.74 Å². The van der Waals surface area contributed by atoms with Gasteiger partial charge in [0.25, 0.3) is 17.7 Å². The first-order valence-corrected chi connectivity index (χ1v) is 9.70. The number of hydrogen-bond donors (Lipinski definition) is 2. The van der Waals surface area contributed by atoms with E-state index in [1.807, 2.05) is 6.07 Å². The highest BCUT2D eigenvalue weighted by molar-refractivity contribution is 6.31. The molecule has 2 N–H and O–H groups in total. The van der Waals surface area contributed by atoms with Gasteiger partial charge < -0.3 is 10.1 Å². The number of hydrazine groups is 1. The van der Waals surface area contributed by atoms with Gasteiger partial charge in [0.05, 0.1) is 5.69 Å². The lowest BCUT2D eigenvalue weighted by Gasteiger charge is -2.13. The predicted octanol–water partition coefficient (Wildman–Crippen LogP) is 3.30. The molecular formula is C24H18FN3O4. The Morgan fingerprint density at radius 3 is 2.50 bits per heavy atom. The number of rotatable bonds is 6. The number of benzene rings is 3. The molecule has 1 saturated heterocycles. The molecule has 0 spiro atoms. The van der Waals surface area contributed by atoms with E-state index < -0.39 is 23.5 Å². The van der Waals surface area contributed by atoms with Crippen molar-refractivity contribution in [2.45, 2.75) is 0 Å². The average Bonchev–Trinajstić information content (AvgIpc) is 3.08. The van der Waals surface area contributed by atoms with Crippen molar-refractivity contribution in [2.75, 3.05) is 16.9 Å². The summed E-state index contributed by atoms with van der Waals surface area (Å²) in [5.41, 5.74) is 4.10. The molecule has 7 nitrogen and oxygen atoms in total. The minimum absolute atomic E-state index is 0.0138. The van der Waals surface area contributed by atoms with Crippen molar-refractivity contribution in [1.82, 2.24) is 5.43 Å². The van der Waals surface area contributed by atoms with Crippen molar-refractivity contribution in [3.05, 3.63) is 95.8 Å². The average molecular weight is 431 g/mol. The lowest BCUT2D eigenvalue weighted by molar-refractivity contribution is -0.118. The first kappa shape index (κ1) is 20.8. The minimum Gasteiger partial charge on any atom is -0.484 e. The molecule has 0 atom stereocenters. The van der Waals surface area contributed by atoms with Gasteiger partial charge in [0.1, 0.15) is 17.1 Å². The number of carbonyl (C=O) groups excluding carboxylic acids is 3. The molecular weight excluding hydrogens is 413 g/mol. The highest BCUT2D eigenvalue weighted by Gasteiger charge is 2.34. The highest BCUT2D eigenvalue weighted by atomic mass is 19.1. The summed E-state index contributed by atoms with van der Waals surface area (Å²) in [6, 6.07) is 20.8. The molecule has 1 aliphatic rings. The zero-order chi connectivity index (χ0) is 22.5. The van der Waals surface area contributed by atoms with Crippen molar-refractivity contribution >= 4 is 35.2 Å². The van der Waals surface area contributed by atoms with Gasteiger partial charge in [0, 0.05) is 5.69 Å². The molecule has 8 heteroatoms. The molecule has 4 rings (SSSR count). The number of ether oxygens (including phenoxy) is 1. The maximum absolute atomic E-state index is 12.9. The number of para-hydroxylation sites is 1. The van der Waals surface area contributed by atoms with Gasteiger partial charge in [-0.15, -0.1) is 0 Å². The van der Waals surface area contributed by atoms with Crippen LogP contribution in [0.2, 0.25) is 0 Å². The maximum Gasteiger partial charge on any atom is 0.282 e. The summed E-state index contributed by atoms with van der Waals surface area (Å²) in [4.78, 5) is 37.0. The summed E-state index contributed by atoms with van der Waals surface area (Å²) in [7, 11) is 0. The Kier molecular flexibility index (Phi) is 5.94. The van der Waals surface area contributed by atoms with Gasteiger partial charge in [-0.2, -0.15) is 0 Å². The van der Waals surface area contributed by atoms with Crippen molar-refractivity contribution in [2.24, 2.45) is 0 Å². The van der Waals surface area contributed by atoms with Crippen molar-refractivity contribution < 1.29 is 23.5 Å². The van der Waals surface area contributed by atoms with E-state index >= 15 is 0 Å². The van der Waals surface area contributed by atoms with Gasteiger partial charge in [-0.3, -0.25) is 19.8 Å². The van der Waals surface area contributed by atoms with Crippen LogP contribution in [0.15, 0.2) is 84.4 Å². The standard InChI is InChI=1S/C24H18FN3O4/c25-17-9-11-18(12-10-17)26-22(29)15-32-20-8-4-5-16(13-20)14-21-23(30)27-28(24(21)31)19-6-2-1-3-7-19/h1-14H,15H2,(H,26,29)(H,27,30). The van der Waals surface area contributed by atoms with Crippen LogP contribution in [-0.4, -0.2) is 24.3 Å². The van der Waals surface area contributed by atoms with Crippen molar-refractivity contribution in [3.63, 3.8) is 0 Å². The smallest absolute Gasteiger partial charge is 0.282 e. The van der Waals surface area contributed by atoms with Gasteiger partial charge in [0.2, 0.25) is 0 Å². The molecule has 3 amide bonds. The van der Waals surface area contributed by atoms with Crippen LogP contribution in [0.4, 0.5) is 15.8 Å². The fourth-order valence-electron chi connectivity index (χ4n) is 3.06. The van der Waals surface area contributed by atoms with Gasteiger partial charge in [-0.25, -0.2) is 9.40 Å². The first-order valence-electron chi connectivity index (χ1n) is 9.70. The number of halogens is 1. The third-order valence-electron chi connectivity index (χ3n) is 4.57. The van der Waals surface area contributed by atoms with E-state index in [9.17, 15) is 18.8 Å². The molecule has 1 heterocycles. The molecule has 0 aliphatic carbocycles. The van der Waals surface area contributed by atoms with Crippen LogP contribution < -0.4 is 20.5 Å². The number of amides is 3. The summed E-state index contributed by atoms with van der Waals surface area (Å²) in [5, 5.41) is 3.79. The molecule has 160 valence electrons. The van der Waals surface area contributed by atoms with Crippen LogP contribution in [0.3, 0.4) is 0 Å². The van der Waals surface area contributed by atoms with E-state index in [2.05, 4.69) is 10.7 Å². The Labute approximate surface area is 183 Å². The molecule has 0 aromatic heterocycles. The number of nitrogens with one attached hydrogen (secondary N) is 2. The largest absolute Gasteiger partial charge is 0.484 e. The zero-order valence-electron chi connectivity index (χ0n) is 16.7. The van der Waals surface area contributed by atoms with Gasteiger partial charge in [0.15, 0.2) is 6.61 Å². The maximum atomic E-state index is 12.9. The molecule has 3 aromatic carbocycles. The zero-order valence-corrected chi connectivity index (χ0v) is 16.7. The van der Waals surface area contributed by atoms with E-state index in [-0.39, 0.29) is 12.2 Å². The molecule has 32 heavy (non-hydrogen) atoms. The SMILES string of the molecule is O=C(COc1cccc(C=C2C(=O)NN(c3ccccc3)C2=O)c1)Nc1ccc(F)cc1. The Hall–Kier alpha value is -4.46. The summed E-state index contributed by atoms with van der Waals surface area (Å²) in [5.74, 6) is -1.40. The molecule has 0 saturated carbocycles. The molecule has 1 fully saturated rings. The molecule has 1 aliphatic heterocycles. The topological polar surface area (TPSA) is 87.7 Å². The quantitative estimate of drug-likeness (QED) is 0.463. The van der Waals surface area contributed by atoms with Crippen LogP contribution in [0, 0.1) is 5.82 Å². The number of hydrogen-bond acceptors (Lipinski definition) is 4. The lowest BCUT2D eigenvalue weighted by Crippen LogP contribution is -2.35. The first-order chi connectivity index (χ1) is 15.5. The summed E-state index contributed by atoms with van der Waals surface area (Å²) in [6.45, 7) is -0.265. The fraction of sp³-hybridized carbons (Fsp3) is 0.0417.